The molecule has 0 atom stereocenters. The van der Waals surface area contributed by atoms with Crippen molar-refractivity contribution < 1.29 is 13.2 Å². The topological polar surface area (TPSA) is 87.5 Å². The second kappa shape index (κ2) is 7.92. The van der Waals surface area contributed by atoms with Gasteiger partial charge in [-0.3, -0.25) is 19.1 Å². The van der Waals surface area contributed by atoms with Gasteiger partial charge in [0.15, 0.2) is 0 Å². The molecule has 3 rings (SSSR count). The smallest absolute Gasteiger partial charge is 0.254 e. The van der Waals surface area contributed by atoms with Crippen molar-refractivity contribution in [1.29, 1.82) is 0 Å². The first-order valence-electron chi connectivity index (χ1n) is 9.22. The minimum atomic E-state index is -3.38. The SMILES string of the molecule is Cc1nn(C)c(C)c1CN1CCN(C(=O)c2cccc(NS(C)(=O)=O)c2)CC1. The predicted molar refractivity (Wildman–Crippen MR) is 109 cm³/mol. The highest BCUT2D eigenvalue weighted by molar-refractivity contribution is 7.92. The molecule has 0 bridgehead atoms. The maximum atomic E-state index is 12.8. The summed E-state index contributed by atoms with van der Waals surface area (Å²) >= 11 is 0. The Kier molecular flexibility index (Phi) is 5.76. The lowest BCUT2D eigenvalue weighted by molar-refractivity contribution is 0.0628. The molecule has 1 aliphatic heterocycles. The number of nitrogens with zero attached hydrogens (tertiary/aromatic N) is 4. The van der Waals surface area contributed by atoms with Crippen molar-refractivity contribution in [3.8, 4) is 0 Å². The third kappa shape index (κ3) is 4.71. The largest absolute Gasteiger partial charge is 0.336 e. The molecule has 0 saturated carbocycles. The Morgan fingerprint density at radius 2 is 1.86 bits per heavy atom. The molecule has 152 valence electrons. The lowest BCUT2D eigenvalue weighted by atomic mass is 10.1. The molecular formula is C19H27N5O3S. The van der Waals surface area contributed by atoms with Gasteiger partial charge in [0.1, 0.15) is 0 Å². The molecular weight excluding hydrogens is 378 g/mol. The standard InChI is InChI=1S/C19H27N5O3S/c1-14-18(15(2)22(3)20-14)13-23-8-10-24(11-9-23)19(25)16-6-5-7-17(12-16)21-28(4,26)27/h5-7,12,21H,8-11,13H2,1-4H3. The van der Waals surface area contributed by atoms with Gasteiger partial charge in [-0.15, -0.1) is 0 Å². The molecule has 1 aliphatic rings. The minimum Gasteiger partial charge on any atom is -0.336 e. The van der Waals surface area contributed by atoms with Gasteiger partial charge in [-0.05, 0) is 32.0 Å². The minimum absolute atomic E-state index is 0.0782. The van der Waals surface area contributed by atoms with Crippen molar-refractivity contribution in [2.45, 2.75) is 20.4 Å². The van der Waals surface area contributed by atoms with Gasteiger partial charge in [0.25, 0.3) is 5.91 Å². The maximum Gasteiger partial charge on any atom is 0.254 e. The van der Waals surface area contributed by atoms with Crippen molar-refractivity contribution in [3.63, 3.8) is 0 Å². The van der Waals surface area contributed by atoms with Crippen LogP contribution < -0.4 is 4.72 Å². The van der Waals surface area contributed by atoms with E-state index in [1.54, 1.807) is 24.3 Å². The third-order valence-corrected chi connectivity index (χ3v) is 5.72. The van der Waals surface area contributed by atoms with Crippen LogP contribution in [0.5, 0.6) is 0 Å². The van der Waals surface area contributed by atoms with Crippen LogP contribution in [0.25, 0.3) is 0 Å². The van der Waals surface area contributed by atoms with Gasteiger partial charge in [0, 0.05) is 62.3 Å². The van der Waals surface area contributed by atoms with Crippen molar-refractivity contribution in [2.75, 3.05) is 37.2 Å². The molecule has 2 heterocycles. The number of hydrogen-bond acceptors (Lipinski definition) is 5. The summed E-state index contributed by atoms with van der Waals surface area (Å²) in [5.41, 5.74) is 4.36. The van der Waals surface area contributed by atoms with E-state index in [-0.39, 0.29) is 5.91 Å². The average Bonchev–Trinajstić information content (AvgIpc) is 2.87. The first-order chi connectivity index (χ1) is 13.1. The lowest BCUT2D eigenvalue weighted by Crippen LogP contribution is -2.48. The van der Waals surface area contributed by atoms with E-state index in [0.29, 0.717) is 24.3 Å². The molecule has 1 aromatic heterocycles. The average molecular weight is 406 g/mol. The van der Waals surface area contributed by atoms with E-state index in [1.165, 1.54) is 11.3 Å². The number of amides is 1. The van der Waals surface area contributed by atoms with Crippen LogP contribution in [0, 0.1) is 13.8 Å². The number of rotatable bonds is 5. The molecule has 1 fully saturated rings. The van der Waals surface area contributed by atoms with Crippen LogP contribution in [0.4, 0.5) is 5.69 Å². The number of sulfonamides is 1. The zero-order valence-electron chi connectivity index (χ0n) is 16.8. The van der Waals surface area contributed by atoms with E-state index in [9.17, 15) is 13.2 Å². The van der Waals surface area contributed by atoms with Gasteiger partial charge in [0.2, 0.25) is 10.0 Å². The van der Waals surface area contributed by atoms with E-state index in [1.807, 2.05) is 23.6 Å². The molecule has 1 saturated heterocycles. The molecule has 0 unspecified atom stereocenters. The first kappa shape index (κ1) is 20.3. The molecule has 9 heteroatoms. The molecule has 0 spiro atoms. The number of aromatic nitrogens is 2. The summed E-state index contributed by atoms with van der Waals surface area (Å²) in [4.78, 5) is 17.0. The Morgan fingerprint density at radius 3 is 2.43 bits per heavy atom. The van der Waals surface area contributed by atoms with Gasteiger partial charge in [-0.25, -0.2) is 8.42 Å². The molecule has 0 aliphatic carbocycles. The molecule has 1 N–H and O–H groups in total. The van der Waals surface area contributed by atoms with Crippen LogP contribution >= 0.6 is 0 Å². The monoisotopic (exact) mass is 405 g/mol. The fourth-order valence-corrected chi connectivity index (χ4v) is 4.05. The summed E-state index contributed by atoms with van der Waals surface area (Å²) in [5.74, 6) is -0.0782. The predicted octanol–water partition coefficient (Wildman–Crippen LogP) is 1.37. The molecule has 1 amide bonds. The van der Waals surface area contributed by atoms with Gasteiger partial charge >= 0.3 is 0 Å². The second-order valence-corrected chi connectivity index (χ2v) is 9.04. The van der Waals surface area contributed by atoms with E-state index in [0.717, 1.165) is 31.6 Å². The number of carbonyl (C=O) groups excluding carboxylic acids is 1. The quantitative estimate of drug-likeness (QED) is 0.812. The number of anilines is 1. The summed E-state index contributed by atoms with van der Waals surface area (Å²) in [7, 11) is -1.42. The van der Waals surface area contributed by atoms with E-state index in [4.69, 9.17) is 0 Å². The number of carbonyl (C=O) groups is 1. The Bertz CT molecular complexity index is 975. The zero-order chi connectivity index (χ0) is 20.5. The van der Waals surface area contributed by atoms with Crippen molar-refractivity contribution in [3.05, 3.63) is 46.8 Å². The van der Waals surface area contributed by atoms with Crippen LogP contribution in [0.15, 0.2) is 24.3 Å². The fraction of sp³-hybridized carbons (Fsp3) is 0.474. The Hall–Kier alpha value is -2.39. The molecule has 28 heavy (non-hydrogen) atoms. The van der Waals surface area contributed by atoms with Gasteiger partial charge < -0.3 is 4.90 Å². The number of hydrogen-bond donors (Lipinski definition) is 1. The van der Waals surface area contributed by atoms with Crippen molar-refractivity contribution in [2.24, 2.45) is 7.05 Å². The maximum absolute atomic E-state index is 12.8. The fourth-order valence-electron chi connectivity index (χ4n) is 3.49. The number of benzene rings is 1. The lowest BCUT2D eigenvalue weighted by Gasteiger charge is -2.35. The van der Waals surface area contributed by atoms with Crippen LogP contribution in [-0.2, 0) is 23.6 Å². The van der Waals surface area contributed by atoms with Crippen molar-refractivity contribution >= 4 is 21.6 Å². The number of aryl methyl sites for hydroxylation is 2. The van der Waals surface area contributed by atoms with Gasteiger partial charge in [-0.1, -0.05) is 6.07 Å². The van der Waals surface area contributed by atoms with Crippen LogP contribution in [0.1, 0.15) is 27.3 Å². The number of piperazine rings is 1. The molecule has 0 radical (unpaired) electrons. The highest BCUT2D eigenvalue weighted by atomic mass is 32.2. The van der Waals surface area contributed by atoms with E-state index in [2.05, 4.69) is 21.6 Å². The molecule has 1 aromatic carbocycles. The zero-order valence-corrected chi connectivity index (χ0v) is 17.6. The molecule has 2 aromatic rings. The van der Waals surface area contributed by atoms with E-state index < -0.39 is 10.0 Å². The van der Waals surface area contributed by atoms with Crippen LogP contribution in [-0.4, -0.2) is 66.3 Å². The summed E-state index contributed by atoms with van der Waals surface area (Å²) in [6.45, 7) is 7.80. The van der Waals surface area contributed by atoms with Gasteiger partial charge in [0.05, 0.1) is 11.9 Å². The van der Waals surface area contributed by atoms with Crippen molar-refractivity contribution in [1.82, 2.24) is 19.6 Å². The van der Waals surface area contributed by atoms with Crippen LogP contribution in [0.2, 0.25) is 0 Å². The molecule has 8 nitrogen and oxygen atoms in total. The first-order valence-corrected chi connectivity index (χ1v) is 11.1. The Balaban J connectivity index is 1.62. The van der Waals surface area contributed by atoms with Crippen LogP contribution in [0.3, 0.4) is 0 Å². The Morgan fingerprint density at radius 1 is 1.18 bits per heavy atom. The van der Waals surface area contributed by atoms with E-state index >= 15 is 0 Å². The highest BCUT2D eigenvalue weighted by Gasteiger charge is 2.24. The highest BCUT2D eigenvalue weighted by Crippen LogP contribution is 2.18. The Labute approximate surface area is 166 Å². The summed E-state index contributed by atoms with van der Waals surface area (Å²) in [5, 5.41) is 4.47. The van der Waals surface area contributed by atoms with Gasteiger partial charge in [-0.2, -0.15) is 5.10 Å². The normalized spacial score (nSPS) is 15.6. The second-order valence-electron chi connectivity index (χ2n) is 7.30. The summed E-state index contributed by atoms with van der Waals surface area (Å²) in [6.07, 6.45) is 1.09. The summed E-state index contributed by atoms with van der Waals surface area (Å²) < 4.78 is 27.1. The third-order valence-electron chi connectivity index (χ3n) is 5.11. The summed E-state index contributed by atoms with van der Waals surface area (Å²) in [6, 6.07) is 6.61. The number of nitrogens with one attached hydrogen (secondary N) is 1.